The van der Waals surface area contributed by atoms with Gasteiger partial charge in [0.25, 0.3) is 5.95 Å². The largest absolute Gasteiger partial charge is 0.463 e. The zero-order valence-electron chi connectivity index (χ0n) is 9.33. The molecule has 7 nitrogen and oxygen atoms in total. The van der Waals surface area contributed by atoms with Crippen molar-refractivity contribution < 1.29 is 9.15 Å². The van der Waals surface area contributed by atoms with E-state index in [-0.39, 0.29) is 12.0 Å². The molecule has 0 saturated carbocycles. The Balaban J connectivity index is 1.83. The van der Waals surface area contributed by atoms with E-state index in [0.29, 0.717) is 18.5 Å². The maximum absolute atomic E-state index is 5.44. The SMILES string of the molecule is CC(COc1ccco1)Nc1ncnc(N)n1. The number of nitrogens with zero attached hydrogens (tertiary/aromatic N) is 3. The molecule has 1 atom stereocenters. The van der Waals surface area contributed by atoms with Crippen LogP contribution in [-0.2, 0) is 0 Å². The molecular weight excluding hydrogens is 222 g/mol. The zero-order chi connectivity index (χ0) is 12.1. The van der Waals surface area contributed by atoms with Crippen molar-refractivity contribution in [2.45, 2.75) is 13.0 Å². The lowest BCUT2D eigenvalue weighted by Crippen LogP contribution is -2.24. The minimum Gasteiger partial charge on any atom is -0.463 e. The van der Waals surface area contributed by atoms with Crippen molar-refractivity contribution in [1.29, 1.82) is 0 Å². The highest BCUT2D eigenvalue weighted by atomic mass is 16.6. The van der Waals surface area contributed by atoms with Gasteiger partial charge >= 0.3 is 0 Å². The van der Waals surface area contributed by atoms with Gasteiger partial charge in [0.1, 0.15) is 12.9 Å². The molecule has 0 amide bonds. The van der Waals surface area contributed by atoms with Crippen molar-refractivity contribution in [2.24, 2.45) is 0 Å². The third kappa shape index (κ3) is 3.33. The smallest absolute Gasteiger partial charge is 0.284 e. The highest BCUT2D eigenvalue weighted by Crippen LogP contribution is 2.10. The van der Waals surface area contributed by atoms with E-state index in [9.17, 15) is 0 Å². The summed E-state index contributed by atoms with van der Waals surface area (Å²) in [6.45, 7) is 2.36. The van der Waals surface area contributed by atoms with Crippen LogP contribution in [0.4, 0.5) is 11.9 Å². The van der Waals surface area contributed by atoms with Crippen LogP contribution in [0.15, 0.2) is 29.1 Å². The van der Waals surface area contributed by atoms with Crippen molar-refractivity contribution >= 4 is 11.9 Å². The Hall–Kier alpha value is -2.31. The van der Waals surface area contributed by atoms with Gasteiger partial charge in [-0.1, -0.05) is 0 Å². The average Bonchev–Trinajstić information content (AvgIpc) is 2.79. The number of hydrogen-bond acceptors (Lipinski definition) is 7. The lowest BCUT2D eigenvalue weighted by molar-refractivity contribution is 0.234. The second-order valence-electron chi connectivity index (χ2n) is 3.46. The zero-order valence-corrected chi connectivity index (χ0v) is 9.33. The van der Waals surface area contributed by atoms with E-state index >= 15 is 0 Å². The fourth-order valence-corrected chi connectivity index (χ4v) is 1.19. The Morgan fingerprint density at radius 1 is 1.53 bits per heavy atom. The van der Waals surface area contributed by atoms with Gasteiger partial charge < -0.3 is 20.2 Å². The number of nitrogen functional groups attached to an aromatic ring is 1. The van der Waals surface area contributed by atoms with Crippen LogP contribution >= 0.6 is 0 Å². The van der Waals surface area contributed by atoms with Crippen molar-refractivity contribution in [3.63, 3.8) is 0 Å². The molecule has 0 spiro atoms. The van der Waals surface area contributed by atoms with Gasteiger partial charge in [0, 0.05) is 6.07 Å². The third-order valence-electron chi connectivity index (χ3n) is 1.94. The first-order valence-corrected chi connectivity index (χ1v) is 5.11. The summed E-state index contributed by atoms with van der Waals surface area (Å²) in [4.78, 5) is 11.6. The van der Waals surface area contributed by atoms with Crippen LogP contribution in [0.5, 0.6) is 5.95 Å². The Morgan fingerprint density at radius 3 is 3.12 bits per heavy atom. The van der Waals surface area contributed by atoms with E-state index in [2.05, 4.69) is 20.3 Å². The molecular formula is C10H13N5O2. The number of anilines is 2. The second kappa shape index (κ2) is 5.15. The average molecular weight is 235 g/mol. The molecule has 0 aliphatic rings. The van der Waals surface area contributed by atoms with Gasteiger partial charge in [0.15, 0.2) is 0 Å². The molecule has 2 heterocycles. The monoisotopic (exact) mass is 235 g/mol. The van der Waals surface area contributed by atoms with E-state index in [1.54, 1.807) is 18.4 Å². The molecule has 0 saturated heterocycles. The highest BCUT2D eigenvalue weighted by Gasteiger charge is 2.06. The summed E-state index contributed by atoms with van der Waals surface area (Å²) in [6.07, 6.45) is 2.91. The number of rotatable bonds is 5. The molecule has 2 aromatic heterocycles. The van der Waals surface area contributed by atoms with Gasteiger partial charge in [-0.25, -0.2) is 9.97 Å². The predicted octanol–water partition coefficient (Wildman–Crippen LogP) is 0.926. The minimum absolute atomic E-state index is 0.0156. The van der Waals surface area contributed by atoms with Gasteiger partial charge in [-0.2, -0.15) is 4.98 Å². The van der Waals surface area contributed by atoms with Crippen LogP contribution in [0, 0.1) is 0 Å². The Bertz CT molecular complexity index is 459. The van der Waals surface area contributed by atoms with Gasteiger partial charge in [0.2, 0.25) is 11.9 Å². The van der Waals surface area contributed by atoms with Crippen LogP contribution in [0.3, 0.4) is 0 Å². The van der Waals surface area contributed by atoms with E-state index in [1.807, 2.05) is 6.92 Å². The van der Waals surface area contributed by atoms with Crippen molar-refractivity contribution in [1.82, 2.24) is 15.0 Å². The molecule has 2 rings (SSSR count). The highest BCUT2D eigenvalue weighted by molar-refractivity contribution is 5.29. The van der Waals surface area contributed by atoms with E-state index in [0.717, 1.165) is 0 Å². The van der Waals surface area contributed by atoms with E-state index in [1.165, 1.54) is 6.33 Å². The first-order chi connectivity index (χ1) is 8.24. The number of hydrogen-bond donors (Lipinski definition) is 2. The summed E-state index contributed by atoms with van der Waals surface area (Å²) in [5.41, 5.74) is 5.44. The maximum Gasteiger partial charge on any atom is 0.284 e. The first-order valence-electron chi connectivity index (χ1n) is 5.11. The molecule has 2 aromatic rings. The normalized spacial score (nSPS) is 12.1. The first kappa shape index (κ1) is 11.2. The van der Waals surface area contributed by atoms with Crippen LogP contribution in [0.1, 0.15) is 6.92 Å². The Labute approximate surface area is 98.0 Å². The molecule has 1 unspecified atom stereocenters. The number of nitrogens with one attached hydrogen (secondary N) is 1. The molecule has 0 aliphatic carbocycles. The van der Waals surface area contributed by atoms with E-state index in [4.69, 9.17) is 14.9 Å². The standard InChI is InChI=1S/C10H13N5O2/c1-7(5-17-8-3-2-4-16-8)14-10-13-6-12-9(11)15-10/h2-4,6-7H,5H2,1H3,(H3,11,12,13,14,15). The number of aromatic nitrogens is 3. The molecule has 3 N–H and O–H groups in total. The van der Waals surface area contributed by atoms with Crippen molar-refractivity contribution in [3.8, 4) is 5.95 Å². The number of ether oxygens (including phenoxy) is 1. The van der Waals surface area contributed by atoms with Gasteiger partial charge in [-0.05, 0) is 13.0 Å². The molecule has 90 valence electrons. The van der Waals surface area contributed by atoms with Crippen LogP contribution in [0.2, 0.25) is 0 Å². The fraction of sp³-hybridized carbons (Fsp3) is 0.300. The maximum atomic E-state index is 5.44. The van der Waals surface area contributed by atoms with Gasteiger partial charge in [0.05, 0.1) is 12.3 Å². The Morgan fingerprint density at radius 2 is 2.41 bits per heavy atom. The number of nitrogens with two attached hydrogens (primary N) is 1. The summed E-state index contributed by atoms with van der Waals surface area (Å²) in [5, 5.41) is 3.04. The summed E-state index contributed by atoms with van der Waals surface area (Å²) in [6, 6.07) is 3.52. The molecule has 0 radical (unpaired) electrons. The third-order valence-corrected chi connectivity index (χ3v) is 1.94. The number of furan rings is 1. The van der Waals surface area contributed by atoms with E-state index < -0.39 is 0 Å². The molecule has 0 fully saturated rings. The van der Waals surface area contributed by atoms with Gasteiger partial charge in [-0.15, -0.1) is 0 Å². The second-order valence-corrected chi connectivity index (χ2v) is 3.46. The minimum atomic E-state index is 0.0156. The lowest BCUT2D eigenvalue weighted by atomic mass is 10.4. The van der Waals surface area contributed by atoms with Crippen LogP contribution in [-0.4, -0.2) is 27.6 Å². The summed E-state index contributed by atoms with van der Waals surface area (Å²) < 4.78 is 10.4. The van der Waals surface area contributed by atoms with Crippen LogP contribution in [0.25, 0.3) is 0 Å². The lowest BCUT2D eigenvalue weighted by Gasteiger charge is -2.13. The predicted molar refractivity (Wildman–Crippen MR) is 61.5 cm³/mol. The summed E-state index contributed by atoms with van der Waals surface area (Å²) in [7, 11) is 0. The molecule has 17 heavy (non-hydrogen) atoms. The molecule has 0 bridgehead atoms. The van der Waals surface area contributed by atoms with Crippen molar-refractivity contribution in [3.05, 3.63) is 24.7 Å². The molecule has 0 aromatic carbocycles. The van der Waals surface area contributed by atoms with Gasteiger partial charge in [-0.3, -0.25) is 0 Å². The quantitative estimate of drug-likeness (QED) is 0.795. The van der Waals surface area contributed by atoms with Crippen molar-refractivity contribution in [2.75, 3.05) is 17.7 Å². The molecule has 7 heteroatoms. The van der Waals surface area contributed by atoms with Crippen LogP contribution < -0.4 is 15.8 Å². The topological polar surface area (TPSA) is 99.1 Å². The molecule has 0 aliphatic heterocycles. The fourth-order valence-electron chi connectivity index (χ4n) is 1.19. The summed E-state index contributed by atoms with van der Waals surface area (Å²) in [5.74, 6) is 1.09. The Kier molecular flexibility index (Phi) is 3.39. The summed E-state index contributed by atoms with van der Waals surface area (Å²) >= 11 is 0.